The minimum atomic E-state index is -1.48. The van der Waals surface area contributed by atoms with Gasteiger partial charge in [0.25, 0.3) is 0 Å². The third-order valence-corrected chi connectivity index (χ3v) is 4.74. The van der Waals surface area contributed by atoms with Crippen LogP contribution in [0, 0.1) is 11.8 Å². The number of ether oxygens (including phenoxy) is 3. The zero-order valence-electron chi connectivity index (χ0n) is 16.1. The second-order valence-electron chi connectivity index (χ2n) is 7.12. The van der Waals surface area contributed by atoms with Crippen LogP contribution in [0.2, 0.25) is 0 Å². The van der Waals surface area contributed by atoms with E-state index in [1.807, 2.05) is 6.92 Å². The van der Waals surface area contributed by atoms with E-state index in [0.717, 1.165) is 5.57 Å². The van der Waals surface area contributed by atoms with E-state index in [1.165, 1.54) is 7.11 Å². The number of carbonyl (C=O) groups excluding carboxylic acids is 3. The molecule has 0 spiro atoms. The minimum Gasteiger partial charge on any atom is -0.466 e. The number of esters is 3. The number of fused-ring (bicyclic) bond motifs is 1. The molecule has 4 atom stereocenters. The van der Waals surface area contributed by atoms with Crippen LogP contribution in [0.25, 0.3) is 0 Å². The van der Waals surface area contributed by atoms with Gasteiger partial charge in [-0.25, -0.2) is 9.59 Å². The standard InChI is InChI=1S/C20H26O7/c1-10(2)18(22)27-17-15-12(4)19(23)26-14(15)9-11(3)7-6-8-13(16(17)21)20(24)25-5/h8-10,14-17,21H,4,6-7H2,1-3,5H3/b11-9+,13-8+/t14-,15+,16+,17+/m1/s1. The first-order valence-corrected chi connectivity index (χ1v) is 8.91. The molecule has 1 fully saturated rings. The van der Waals surface area contributed by atoms with Gasteiger partial charge in [0.15, 0.2) is 0 Å². The Morgan fingerprint density at radius 2 is 2.04 bits per heavy atom. The molecule has 7 nitrogen and oxygen atoms in total. The second-order valence-corrected chi connectivity index (χ2v) is 7.12. The largest absolute Gasteiger partial charge is 0.466 e. The molecule has 0 aromatic carbocycles. The van der Waals surface area contributed by atoms with Gasteiger partial charge in [-0.1, -0.05) is 32.1 Å². The molecule has 0 unspecified atom stereocenters. The molecule has 0 radical (unpaired) electrons. The molecule has 1 aliphatic carbocycles. The van der Waals surface area contributed by atoms with E-state index in [1.54, 1.807) is 26.0 Å². The van der Waals surface area contributed by atoms with E-state index in [-0.39, 0.29) is 11.1 Å². The van der Waals surface area contributed by atoms with Crippen molar-refractivity contribution < 1.29 is 33.7 Å². The van der Waals surface area contributed by atoms with Gasteiger partial charge in [0.05, 0.1) is 24.5 Å². The third kappa shape index (κ3) is 4.47. The molecule has 148 valence electrons. The minimum absolute atomic E-state index is 0.0142. The van der Waals surface area contributed by atoms with Crippen LogP contribution in [-0.4, -0.2) is 48.4 Å². The summed E-state index contributed by atoms with van der Waals surface area (Å²) in [7, 11) is 1.21. The van der Waals surface area contributed by atoms with Crippen molar-refractivity contribution in [1.29, 1.82) is 0 Å². The van der Waals surface area contributed by atoms with Gasteiger partial charge in [0.2, 0.25) is 0 Å². The van der Waals surface area contributed by atoms with Gasteiger partial charge in [0.1, 0.15) is 18.3 Å². The Hall–Kier alpha value is -2.41. The monoisotopic (exact) mass is 378 g/mol. The van der Waals surface area contributed by atoms with Crippen LogP contribution in [-0.2, 0) is 28.6 Å². The highest BCUT2D eigenvalue weighted by atomic mass is 16.6. The highest BCUT2D eigenvalue weighted by Gasteiger charge is 2.48. The normalized spacial score (nSPS) is 32.5. The van der Waals surface area contributed by atoms with E-state index >= 15 is 0 Å². The van der Waals surface area contributed by atoms with Crippen LogP contribution in [0.1, 0.15) is 33.6 Å². The van der Waals surface area contributed by atoms with Gasteiger partial charge in [-0.15, -0.1) is 0 Å². The number of hydrogen-bond acceptors (Lipinski definition) is 7. The van der Waals surface area contributed by atoms with Crippen molar-refractivity contribution in [2.75, 3.05) is 7.11 Å². The number of aliphatic hydroxyl groups excluding tert-OH is 1. The molecule has 2 aliphatic rings. The number of aliphatic hydroxyl groups is 1. The van der Waals surface area contributed by atoms with Crippen LogP contribution in [0.15, 0.2) is 35.5 Å². The van der Waals surface area contributed by atoms with Gasteiger partial charge in [-0.2, -0.15) is 0 Å². The molecule has 7 heteroatoms. The summed E-state index contributed by atoms with van der Waals surface area (Å²) in [4.78, 5) is 36.6. The first kappa shape index (κ1) is 20.9. The Kier molecular flexibility index (Phi) is 6.59. The van der Waals surface area contributed by atoms with Crippen LogP contribution in [0.4, 0.5) is 0 Å². The Balaban J connectivity index is 2.55. The van der Waals surface area contributed by atoms with Crippen molar-refractivity contribution in [1.82, 2.24) is 0 Å². The summed E-state index contributed by atoms with van der Waals surface area (Å²) in [6.07, 6.45) is 1.01. The number of carbonyl (C=O) groups is 3. The van der Waals surface area contributed by atoms with Crippen molar-refractivity contribution in [2.45, 2.75) is 51.9 Å². The Labute approximate surface area is 158 Å². The van der Waals surface area contributed by atoms with Crippen LogP contribution < -0.4 is 0 Å². The fourth-order valence-electron chi connectivity index (χ4n) is 3.17. The zero-order chi connectivity index (χ0) is 20.3. The summed E-state index contributed by atoms with van der Waals surface area (Å²) in [5.41, 5.74) is 1.02. The molecule has 0 amide bonds. The lowest BCUT2D eigenvalue weighted by molar-refractivity contribution is -0.163. The number of rotatable bonds is 3. The topological polar surface area (TPSA) is 99.1 Å². The molecule has 0 saturated carbocycles. The SMILES string of the molecule is C=C1C(=O)O[C@@H]2/C=C(\C)CC/C=C(/C(=O)OC)[C@H](O)[C@@H](OC(=O)C(C)C)[C@@H]12. The molecule has 1 aliphatic heterocycles. The molecular formula is C20H26O7. The summed E-state index contributed by atoms with van der Waals surface area (Å²) < 4.78 is 15.7. The molecule has 0 bridgehead atoms. The molecule has 0 aromatic rings. The third-order valence-electron chi connectivity index (χ3n) is 4.74. The van der Waals surface area contributed by atoms with E-state index in [9.17, 15) is 19.5 Å². The van der Waals surface area contributed by atoms with Gasteiger partial charge in [0, 0.05) is 5.57 Å². The predicted octanol–water partition coefficient (Wildman–Crippen LogP) is 1.85. The quantitative estimate of drug-likeness (QED) is 0.346. The van der Waals surface area contributed by atoms with Crippen molar-refractivity contribution in [2.24, 2.45) is 11.8 Å². The lowest BCUT2D eigenvalue weighted by atomic mass is 9.83. The summed E-state index contributed by atoms with van der Waals surface area (Å²) in [5.74, 6) is -3.17. The first-order valence-electron chi connectivity index (χ1n) is 8.91. The molecule has 1 N–H and O–H groups in total. The van der Waals surface area contributed by atoms with Crippen molar-refractivity contribution >= 4 is 17.9 Å². The summed E-state index contributed by atoms with van der Waals surface area (Å²) in [5, 5.41) is 10.9. The van der Waals surface area contributed by atoms with Gasteiger partial charge >= 0.3 is 17.9 Å². The molecule has 27 heavy (non-hydrogen) atoms. The lowest BCUT2D eigenvalue weighted by Gasteiger charge is -2.31. The maximum atomic E-state index is 12.3. The molecule has 2 rings (SSSR count). The predicted molar refractivity (Wildman–Crippen MR) is 96.3 cm³/mol. The number of hydrogen-bond donors (Lipinski definition) is 1. The number of methoxy groups -OCH3 is 1. The first-order chi connectivity index (χ1) is 12.7. The smallest absolute Gasteiger partial charge is 0.336 e. The van der Waals surface area contributed by atoms with Gasteiger partial charge in [-0.3, -0.25) is 4.79 Å². The highest BCUT2D eigenvalue weighted by Crippen LogP contribution is 2.37. The Morgan fingerprint density at radius 3 is 2.63 bits per heavy atom. The van der Waals surface area contributed by atoms with Gasteiger partial charge in [-0.05, 0) is 25.8 Å². The van der Waals surface area contributed by atoms with E-state index in [2.05, 4.69) is 6.58 Å². The van der Waals surface area contributed by atoms with E-state index in [0.29, 0.717) is 12.8 Å². The summed E-state index contributed by atoms with van der Waals surface area (Å²) >= 11 is 0. The molecule has 1 heterocycles. The van der Waals surface area contributed by atoms with E-state index in [4.69, 9.17) is 14.2 Å². The van der Waals surface area contributed by atoms with Crippen molar-refractivity contribution in [3.63, 3.8) is 0 Å². The van der Waals surface area contributed by atoms with E-state index < -0.39 is 48.1 Å². The van der Waals surface area contributed by atoms with Crippen molar-refractivity contribution in [3.8, 4) is 0 Å². The van der Waals surface area contributed by atoms with Crippen molar-refractivity contribution in [3.05, 3.63) is 35.5 Å². The zero-order valence-corrected chi connectivity index (χ0v) is 16.1. The van der Waals surface area contributed by atoms with Crippen LogP contribution in [0.3, 0.4) is 0 Å². The Bertz CT molecular complexity index is 701. The molecule has 1 saturated heterocycles. The Morgan fingerprint density at radius 1 is 1.37 bits per heavy atom. The average molecular weight is 378 g/mol. The van der Waals surface area contributed by atoms with Crippen LogP contribution >= 0.6 is 0 Å². The lowest BCUT2D eigenvalue weighted by Crippen LogP contribution is -2.44. The van der Waals surface area contributed by atoms with Gasteiger partial charge < -0.3 is 19.3 Å². The fraction of sp³-hybridized carbons (Fsp3) is 0.550. The maximum Gasteiger partial charge on any atom is 0.336 e. The average Bonchev–Trinajstić information content (AvgIpc) is 2.88. The fourth-order valence-corrected chi connectivity index (χ4v) is 3.17. The second kappa shape index (κ2) is 8.52. The summed E-state index contributed by atoms with van der Waals surface area (Å²) in [6.45, 7) is 8.94. The molecular weight excluding hydrogens is 352 g/mol. The van der Waals surface area contributed by atoms with Crippen LogP contribution in [0.5, 0.6) is 0 Å². The maximum absolute atomic E-state index is 12.3. The molecule has 0 aromatic heterocycles. The summed E-state index contributed by atoms with van der Waals surface area (Å²) in [6, 6.07) is 0. The number of allylic oxidation sites excluding steroid dienone is 2. The highest BCUT2D eigenvalue weighted by molar-refractivity contribution is 5.92.